The van der Waals surface area contributed by atoms with E-state index < -0.39 is 5.97 Å². The lowest BCUT2D eigenvalue weighted by molar-refractivity contribution is 0.0695. The van der Waals surface area contributed by atoms with Gasteiger partial charge in [0.2, 0.25) is 0 Å². The van der Waals surface area contributed by atoms with Crippen LogP contribution in [0.15, 0.2) is 42.6 Å². The number of likely N-dealkylation sites (N-methyl/N-ethyl adjacent to an activating group) is 1. The number of aromatic nitrogens is 1. The van der Waals surface area contributed by atoms with Crippen LogP contribution in [0.5, 0.6) is 0 Å². The van der Waals surface area contributed by atoms with Crippen molar-refractivity contribution in [3.05, 3.63) is 65.0 Å². The van der Waals surface area contributed by atoms with Crippen molar-refractivity contribution >= 4 is 5.97 Å². The van der Waals surface area contributed by atoms with Crippen LogP contribution < -0.4 is 0 Å². The molecule has 0 atom stereocenters. The molecular formula is C17H20N2O2. The fourth-order valence-corrected chi connectivity index (χ4v) is 2.21. The minimum atomic E-state index is -0.867. The molecule has 0 aliphatic heterocycles. The van der Waals surface area contributed by atoms with E-state index in [1.165, 1.54) is 0 Å². The number of aromatic carboxylic acids is 1. The van der Waals surface area contributed by atoms with Gasteiger partial charge in [0.25, 0.3) is 0 Å². The lowest BCUT2D eigenvalue weighted by Gasteiger charge is -2.16. The zero-order valence-electron chi connectivity index (χ0n) is 12.4. The number of carboxylic acid groups (broad SMARTS) is 1. The van der Waals surface area contributed by atoms with Crippen LogP contribution in [0.25, 0.3) is 0 Å². The van der Waals surface area contributed by atoms with Crippen molar-refractivity contribution in [2.45, 2.75) is 19.9 Å². The smallest absolute Gasteiger partial charge is 0.335 e. The van der Waals surface area contributed by atoms with Crippen molar-refractivity contribution in [3.8, 4) is 0 Å². The molecule has 0 saturated carbocycles. The Morgan fingerprint density at radius 3 is 2.67 bits per heavy atom. The summed E-state index contributed by atoms with van der Waals surface area (Å²) in [4.78, 5) is 17.7. The van der Waals surface area contributed by atoms with Gasteiger partial charge in [0, 0.05) is 19.3 Å². The third-order valence-electron chi connectivity index (χ3n) is 3.42. The number of benzene rings is 1. The van der Waals surface area contributed by atoms with Gasteiger partial charge in [0.15, 0.2) is 0 Å². The Kier molecular flexibility index (Phi) is 5.06. The average molecular weight is 284 g/mol. The minimum absolute atomic E-state index is 0.388. The lowest BCUT2D eigenvalue weighted by Crippen LogP contribution is -2.22. The molecule has 0 aliphatic rings. The Labute approximate surface area is 125 Å². The van der Waals surface area contributed by atoms with Crippen LogP contribution in [0.1, 0.15) is 27.2 Å². The summed E-state index contributed by atoms with van der Waals surface area (Å²) < 4.78 is 0. The van der Waals surface area contributed by atoms with Crippen LogP contribution >= 0.6 is 0 Å². The fourth-order valence-electron chi connectivity index (χ4n) is 2.21. The molecule has 21 heavy (non-hydrogen) atoms. The van der Waals surface area contributed by atoms with Gasteiger partial charge in [-0.1, -0.05) is 24.3 Å². The number of rotatable bonds is 6. The Balaban J connectivity index is 1.93. The zero-order valence-corrected chi connectivity index (χ0v) is 12.4. The third kappa shape index (κ3) is 4.39. The summed E-state index contributed by atoms with van der Waals surface area (Å²) in [5, 5.41) is 9.17. The first-order valence-corrected chi connectivity index (χ1v) is 6.97. The molecule has 1 aromatic carbocycles. The first kappa shape index (κ1) is 15.2. The monoisotopic (exact) mass is 284 g/mol. The molecule has 0 fully saturated rings. The van der Waals surface area contributed by atoms with Gasteiger partial charge in [-0.25, -0.2) is 4.79 Å². The van der Waals surface area contributed by atoms with Crippen molar-refractivity contribution in [1.29, 1.82) is 0 Å². The molecule has 1 aromatic heterocycles. The molecule has 0 saturated heterocycles. The van der Waals surface area contributed by atoms with Gasteiger partial charge in [0.05, 0.1) is 11.3 Å². The predicted molar refractivity (Wildman–Crippen MR) is 82.4 cm³/mol. The summed E-state index contributed by atoms with van der Waals surface area (Å²) in [5.74, 6) is -0.867. The van der Waals surface area contributed by atoms with Crippen LogP contribution in [-0.4, -0.2) is 34.6 Å². The highest BCUT2D eigenvalue weighted by molar-refractivity contribution is 5.89. The minimum Gasteiger partial charge on any atom is -0.478 e. The van der Waals surface area contributed by atoms with Gasteiger partial charge < -0.3 is 10.0 Å². The molecule has 110 valence electrons. The van der Waals surface area contributed by atoms with E-state index in [1.54, 1.807) is 12.1 Å². The first-order chi connectivity index (χ1) is 10.1. The zero-order chi connectivity index (χ0) is 15.2. The number of nitrogens with zero attached hydrogens (tertiary/aromatic N) is 2. The number of carbonyl (C=O) groups is 1. The molecule has 0 unspecified atom stereocenters. The fraction of sp³-hybridized carbons (Fsp3) is 0.294. The quantitative estimate of drug-likeness (QED) is 0.886. The third-order valence-corrected chi connectivity index (χ3v) is 3.42. The van der Waals surface area contributed by atoms with Gasteiger partial charge in [-0.05, 0) is 43.7 Å². The molecule has 0 amide bonds. The van der Waals surface area contributed by atoms with E-state index in [-0.39, 0.29) is 0 Å². The van der Waals surface area contributed by atoms with Crippen molar-refractivity contribution in [3.63, 3.8) is 0 Å². The van der Waals surface area contributed by atoms with Crippen molar-refractivity contribution < 1.29 is 9.90 Å². The van der Waals surface area contributed by atoms with E-state index >= 15 is 0 Å². The van der Waals surface area contributed by atoms with Crippen molar-refractivity contribution in [2.24, 2.45) is 0 Å². The average Bonchev–Trinajstić information content (AvgIpc) is 2.48. The summed E-state index contributed by atoms with van der Waals surface area (Å²) in [7, 11) is 2.02. The SMILES string of the molecule is Cc1ccc(CN(C)CCc2ccccc2C(=O)O)nc1. The van der Waals surface area contributed by atoms with Gasteiger partial charge in [0.1, 0.15) is 0 Å². The maximum atomic E-state index is 11.2. The van der Waals surface area contributed by atoms with Gasteiger partial charge in [-0.15, -0.1) is 0 Å². The number of pyridine rings is 1. The predicted octanol–water partition coefficient (Wildman–Crippen LogP) is 2.76. The number of hydrogen-bond donors (Lipinski definition) is 1. The lowest BCUT2D eigenvalue weighted by atomic mass is 10.0. The van der Waals surface area contributed by atoms with Crippen LogP contribution in [0.4, 0.5) is 0 Å². The van der Waals surface area contributed by atoms with Crippen molar-refractivity contribution in [2.75, 3.05) is 13.6 Å². The summed E-state index contributed by atoms with van der Waals surface area (Å²) >= 11 is 0. The second-order valence-electron chi connectivity index (χ2n) is 5.28. The topological polar surface area (TPSA) is 53.4 Å². The normalized spacial score (nSPS) is 10.8. The maximum absolute atomic E-state index is 11.2. The Morgan fingerprint density at radius 1 is 1.24 bits per heavy atom. The number of carboxylic acids is 1. The van der Waals surface area contributed by atoms with Gasteiger partial charge in [-0.3, -0.25) is 4.98 Å². The van der Waals surface area contributed by atoms with Crippen LogP contribution in [0.2, 0.25) is 0 Å². The van der Waals surface area contributed by atoms with E-state index in [9.17, 15) is 4.79 Å². The summed E-state index contributed by atoms with van der Waals surface area (Å²) in [5.41, 5.74) is 3.43. The van der Waals surface area contributed by atoms with Crippen molar-refractivity contribution in [1.82, 2.24) is 9.88 Å². The second-order valence-corrected chi connectivity index (χ2v) is 5.28. The molecule has 0 spiro atoms. The first-order valence-electron chi connectivity index (χ1n) is 6.97. The van der Waals surface area contributed by atoms with E-state index in [0.717, 1.165) is 29.9 Å². The van der Waals surface area contributed by atoms with E-state index in [1.807, 2.05) is 38.4 Å². The molecule has 0 aliphatic carbocycles. The van der Waals surface area contributed by atoms with Crippen LogP contribution in [0.3, 0.4) is 0 Å². The molecule has 2 rings (SSSR count). The largest absolute Gasteiger partial charge is 0.478 e. The van der Waals surface area contributed by atoms with E-state index in [4.69, 9.17) is 5.11 Å². The summed E-state index contributed by atoms with van der Waals surface area (Å²) in [6, 6.07) is 11.2. The van der Waals surface area contributed by atoms with Gasteiger partial charge >= 0.3 is 5.97 Å². The molecule has 0 bridgehead atoms. The number of aryl methyl sites for hydroxylation is 1. The van der Waals surface area contributed by atoms with Gasteiger partial charge in [-0.2, -0.15) is 0 Å². The molecule has 1 N–H and O–H groups in total. The Hall–Kier alpha value is -2.20. The highest BCUT2D eigenvalue weighted by Crippen LogP contribution is 2.11. The maximum Gasteiger partial charge on any atom is 0.335 e. The molecule has 4 heteroatoms. The summed E-state index contributed by atoms with van der Waals surface area (Å²) in [6.45, 7) is 3.57. The van der Waals surface area contributed by atoms with Crippen LogP contribution in [0, 0.1) is 6.92 Å². The molecular weight excluding hydrogens is 264 g/mol. The van der Waals surface area contributed by atoms with E-state index in [2.05, 4.69) is 16.0 Å². The highest BCUT2D eigenvalue weighted by atomic mass is 16.4. The summed E-state index contributed by atoms with van der Waals surface area (Å²) in [6.07, 6.45) is 2.58. The van der Waals surface area contributed by atoms with Crippen LogP contribution in [-0.2, 0) is 13.0 Å². The molecule has 0 radical (unpaired) electrons. The standard InChI is InChI=1S/C17H20N2O2/c1-13-7-8-15(18-11-13)12-19(2)10-9-14-5-3-4-6-16(14)17(20)21/h3-8,11H,9-10,12H2,1-2H3,(H,20,21). The molecule has 1 heterocycles. The highest BCUT2D eigenvalue weighted by Gasteiger charge is 2.09. The molecule has 4 nitrogen and oxygen atoms in total. The Bertz CT molecular complexity index is 608. The number of hydrogen-bond acceptors (Lipinski definition) is 3. The molecule has 2 aromatic rings. The Morgan fingerprint density at radius 2 is 2.00 bits per heavy atom. The van der Waals surface area contributed by atoms with E-state index in [0.29, 0.717) is 12.0 Å². The second kappa shape index (κ2) is 6.99.